The lowest BCUT2D eigenvalue weighted by Gasteiger charge is -2.33. The Balaban J connectivity index is 1.34. The van der Waals surface area contributed by atoms with E-state index in [1.807, 2.05) is 0 Å². The molecule has 8 unspecified atom stereocenters. The predicted octanol–water partition coefficient (Wildman–Crippen LogP) is 4.86. The minimum Gasteiger partial charge on any atom is -0.465 e. The molecule has 4 rings (SSSR count). The van der Waals surface area contributed by atoms with E-state index in [1.54, 1.807) is 0 Å². The van der Waals surface area contributed by atoms with Crippen molar-refractivity contribution in [3.63, 3.8) is 0 Å². The Bertz CT molecular complexity index is 531. The van der Waals surface area contributed by atoms with E-state index in [-0.39, 0.29) is 18.4 Å². The molecule has 166 valence electrons. The molecular formula is C24H40O5. The van der Waals surface area contributed by atoms with Crippen LogP contribution in [0.15, 0.2) is 0 Å². The summed E-state index contributed by atoms with van der Waals surface area (Å²) >= 11 is 0. The van der Waals surface area contributed by atoms with E-state index in [0.717, 1.165) is 51.0 Å². The molecule has 3 saturated heterocycles. The van der Waals surface area contributed by atoms with Crippen molar-refractivity contribution in [3.05, 3.63) is 0 Å². The van der Waals surface area contributed by atoms with Gasteiger partial charge in [-0.15, -0.1) is 0 Å². The molecule has 0 amide bonds. The van der Waals surface area contributed by atoms with Gasteiger partial charge in [0.25, 0.3) is 0 Å². The van der Waals surface area contributed by atoms with E-state index in [4.69, 9.17) is 18.9 Å². The van der Waals surface area contributed by atoms with Crippen molar-refractivity contribution in [2.75, 3.05) is 13.2 Å². The van der Waals surface area contributed by atoms with Gasteiger partial charge in [-0.25, -0.2) is 0 Å². The minimum absolute atomic E-state index is 0.0802. The fourth-order valence-electron chi connectivity index (χ4n) is 6.19. The average molecular weight is 409 g/mol. The molecule has 3 aliphatic heterocycles. The fraction of sp³-hybridized carbons (Fsp3) is 0.958. The van der Waals surface area contributed by atoms with Gasteiger partial charge in [0.1, 0.15) is 0 Å². The lowest BCUT2D eigenvalue weighted by molar-refractivity contribution is -0.205. The summed E-state index contributed by atoms with van der Waals surface area (Å²) in [5.74, 6) is 2.11. The Morgan fingerprint density at radius 3 is 2.59 bits per heavy atom. The molecule has 0 aromatic carbocycles. The van der Waals surface area contributed by atoms with Crippen LogP contribution in [0.3, 0.4) is 0 Å². The molecular weight excluding hydrogens is 368 g/mol. The highest BCUT2D eigenvalue weighted by Crippen LogP contribution is 2.44. The largest absolute Gasteiger partial charge is 0.465 e. The first-order chi connectivity index (χ1) is 14.2. The number of fused-ring (bicyclic) bond motifs is 2. The van der Waals surface area contributed by atoms with E-state index in [0.29, 0.717) is 43.0 Å². The fourth-order valence-corrected chi connectivity index (χ4v) is 6.19. The van der Waals surface area contributed by atoms with Gasteiger partial charge in [0.2, 0.25) is 0 Å². The molecule has 0 radical (unpaired) electrons. The Hall–Kier alpha value is -0.650. The number of rotatable bonds is 9. The maximum atomic E-state index is 12.8. The molecule has 1 aliphatic carbocycles. The second-order valence-electron chi connectivity index (χ2n) is 9.81. The lowest BCUT2D eigenvalue weighted by atomic mass is 9.87. The van der Waals surface area contributed by atoms with Crippen LogP contribution < -0.4 is 0 Å². The van der Waals surface area contributed by atoms with Crippen molar-refractivity contribution >= 4 is 5.97 Å². The van der Waals surface area contributed by atoms with Crippen LogP contribution >= 0.6 is 0 Å². The van der Waals surface area contributed by atoms with Crippen LogP contribution in [-0.4, -0.2) is 43.8 Å². The van der Waals surface area contributed by atoms with Gasteiger partial charge in [0.15, 0.2) is 6.29 Å². The normalized spacial score (nSPS) is 40.3. The van der Waals surface area contributed by atoms with Crippen LogP contribution in [0.5, 0.6) is 0 Å². The third-order valence-electron chi connectivity index (χ3n) is 7.95. The molecule has 5 heteroatoms. The zero-order valence-electron chi connectivity index (χ0n) is 18.4. The highest BCUT2D eigenvalue weighted by atomic mass is 16.7. The molecule has 8 atom stereocenters. The Kier molecular flexibility index (Phi) is 7.52. The predicted molar refractivity (Wildman–Crippen MR) is 110 cm³/mol. The number of esters is 1. The number of ether oxygens (including phenoxy) is 4. The summed E-state index contributed by atoms with van der Waals surface area (Å²) in [7, 11) is 0. The zero-order chi connectivity index (χ0) is 20.2. The van der Waals surface area contributed by atoms with Crippen LogP contribution in [0.25, 0.3) is 0 Å². The molecule has 2 bridgehead atoms. The summed E-state index contributed by atoms with van der Waals surface area (Å²) in [5.41, 5.74) is 0. The summed E-state index contributed by atoms with van der Waals surface area (Å²) in [6.45, 7) is 5.83. The maximum Gasteiger partial charge on any atom is 0.308 e. The van der Waals surface area contributed by atoms with Gasteiger partial charge >= 0.3 is 5.97 Å². The molecule has 0 spiro atoms. The summed E-state index contributed by atoms with van der Waals surface area (Å²) < 4.78 is 23.9. The van der Waals surface area contributed by atoms with Crippen LogP contribution in [0, 0.1) is 23.7 Å². The molecule has 1 saturated carbocycles. The van der Waals surface area contributed by atoms with Crippen molar-refractivity contribution < 1.29 is 23.7 Å². The topological polar surface area (TPSA) is 54.0 Å². The first-order valence-corrected chi connectivity index (χ1v) is 12.2. The quantitative estimate of drug-likeness (QED) is 0.510. The summed E-state index contributed by atoms with van der Waals surface area (Å²) in [5, 5.41) is 0. The van der Waals surface area contributed by atoms with Gasteiger partial charge in [0, 0.05) is 12.5 Å². The average Bonchev–Trinajstić information content (AvgIpc) is 3.47. The number of carbonyl (C=O) groups excluding carboxylic acids is 1. The van der Waals surface area contributed by atoms with Crippen molar-refractivity contribution in [3.8, 4) is 0 Å². The second kappa shape index (κ2) is 10.1. The van der Waals surface area contributed by atoms with Gasteiger partial charge in [-0.05, 0) is 69.1 Å². The first kappa shape index (κ1) is 21.6. The maximum absolute atomic E-state index is 12.8. The van der Waals surface area contributed by atoms with E-state index in [9.17, 15) is 4.79 Å². The molecule has 0 aromatic heterocycles. The van der Waals surface area contributed by atoms with E-state index >= 15 is 0 Å². The summed E-state index contributed by atoms with van der Waals surface area (Å²) in [6, 6.07) is 0. The van der Waals surface area contributed by atoms with Crippen molar-refractivity contribution in [2.24, 2.45) is 23.7 Å². The highest BCUT2D eigenvalue weighted by Gasteiger charge is 2.42. The molecule has 3 heterocycles. The van der Waals surface area contributed by atoms with Gasteiger partial charge < -0.3 is 18.9 Å². The number of hydrogen-bond acceptors (Lipinski definition) is 5. The third-order valence-corrected chi connectivity index (χ3v) is 7.95. The van der Waals surface area contributed by atoms with E-state index in [1.165, 1.54) is 25.7 Å². The molecule has 0 aromatic rings. The zero-order valence-corrected chi connectivity index (χ0v) is 18.4. The molecule has 4 fully saturated rings. The summed E-state index contributed by atoms with van der Waals surface area (Å²) in [6.07, 6.45) is 12.2. The van der Waals surface area contributed by atoms with Crippen molar-refractivity contribution in [2.45, 2.75) is 109 Å². The molecule has 4 aliphatic rings. The van der Waals surface area contributed by atoms with E-state index in [2.05, 4.69) is 13.8 Å². The van der Waals surface area contributed by atoms with Crippen LogP contribution in [0.1, 0.15) is 84.5 Å². The van der Waals surface area contributed by atoms with Gasteiger partial charge in [-0.1, -0.05) is 26.7 Å². The van der Waals surface area contributed by atoms with Crippen molar-refractivity contribution in [1.82, 2.24) is 0 Å². The standard InChI is InChI=1S/C24H40O5/c1-3-16-11-17(4-2)20(12-16)22(29-24-7-5-6-10-26-24)14-23(25)27-15-18-13-19-8-9-21(18)28-19/h16-22,24H,3-15H2,1-2H3. The lowest BCUT2D eigenvalue weighted by Crippen LogP contribution is -2.36. The SMILES string of the molecule is CCC1CC(CC)C(C(CC(=O)OCC2CC3CCC2O3)OC2CCCCO2)C1. The monoisotopic (exact) mass is 408 g/mol. The highest BCUT2D eigenvalue weighted by molar-refractivity contribution is 5.70. The molecule has 0 N–H and O–H groups in total. The van der Waals surface area contributed by atoms with Crippen LogP contribution in [0.4, 0.5) is 0 Å². The molecule has 5 nitrogen and oxygen atoms in total. The van der Waals surface area contributed by atoms with Crippen LogP contribution in [-0.2, 0) is 23.7 Å². The molecule has 29 heavy (non-hydrogen) atoms. The number of carbonyl (C=O) groups is 1. The first-order valence-electron chi connectivity index (χ1n) is 12.2. The third kappa shape index (κ3) is 5.34. The minimum atomic E-state index is -0.154. The van der Waals surface area contributed by atoms with Gasteiger partial charge in [-0.3, -0.25) is 4.79 Å². The number of hydrogen-bond donors (Lipinski definition) is 0. The Morgan fingerprint density at radius 2 is 1.93 bits per heavy atom. The second-order valence-corrected chi connectivity index (χ2v) is 9.81. The smallest absolute Gasteiger partial charge is 0.308 e. The Morgan fingerprint density at radius 1 is 1.03 bits per heavy atom. The van der Waals surface area contributed by atoms with Gasteiger partial charge in [-0.2, -0.15) is 0 Å². The van der Waals surface area contributed by atoms with E-state index < -0.39 is 0 Å². The Labute approximate surface area is 176 Å². The van der Waals surface area contributed by atoms with Gasteiger partial charge in [0.05, 0.1) is 31.3 Å². The summed E-state index contributed by atoms with van der Waals surface area (Å²) in [4.78, 5) is 12.8. The van der Waals surface area contributed by atoms with Crippen LogP contribution in [0.2, 0.25) is 0 Å². The van der Waals surface area contributed by atoms with Crippen molar-refractivity contribution in [1.29, 1.82) is 0 Å².